The molecule has 3 nitrogen and oxygen atoms in total. The molecule has 1 atom stereocenters. The number of hydrogen-bond donors (Lipinski definition) is 0. The smallest absolute Gasteiger partial charge is 0.127 e. The molecule has 1 aliphatic heterocycles. The molecule has 0 N–H and O–H groups in total. The molecule has 92 valence electrons. The highest BCUT2D eigenvalue weighted by Gasteiger charge is 2.37. The van der Waals surface area contributed by atoms with Crippen LogP contribution >= 0.6 is 0 Å². The van der Waals surface area contributed by atoms with Crippen molar-refractivity contribution in [3.63, 3.8) is 0 Å². The number of carbonyl (C=O) groups excluding carboxylic acids is 1. The maximum Gasteiger partial charge on any atom is 0.127 e. The van der Waals surface area contributed by atoms with Crippen LogP contribution in [0.4, 0.5) is 0 Å². The van der Waals surface area contributed by atoms with Gasteiger partial charge in [-0.15, -0.1) is 0 Å². The van der Waals surface area contributed by atoms with Gasteiger partial charge in [-0.1, -0.05) is 12.8 Å². The maximum absolute atomic E-state index is 11.3. The van der Waals surface area contributed by atoms with Crippen LogP contribution < -0.4 is 0 Å². The van der Waals surface area contributed by atoms with Crippen molar-refractivity contribution in [2.45, 2.75) is 38.6 Å². The summed E-state index contributed by atoms with van der Waals surface area (Å²) in [6, 6.07) is 0.594. The minimum absolute atomic E-state index is 0.00975. The Morgan fingerprint density at radius 1 is 1.31 bits per heavy atom. The Bertz CT molecular complexity index is 248. The van der Waals surface area contributed by atoms with Crippen LogP contribution in [0.3, 0.4) is 0 Å². The topological polar surface area (TPSA) is 23.6 Å². The summed E-state index contributed by atoms with van der Waals surface area (Å²) in [6.07, 6.45) is 5.93. The van der Waals surface area contributed by atoms with E-state index in [1.54, 1.807) is 0 Å². The minimum atomic E-state index is -0.00975. The van der Waals surface area contributed by atoms with Gasteiger partial charge >= 0.3 is 0 Å². The summed E-state index contributed by atoms with van der Waals surface area (Å²) in [5, 5.41) is 0. The number of nitrogens with zero attached hydrogens (tertiary/aromatic N) is 2. The highest BCUT2D eigenvalue weighted by Crippen LogP contribution is 2.37. The molecular weight excluding hydrogens is 200 g/mol. The molecule has 16 heavy (non-hydrogen) atoms. The lowest BCUT2D eigenvalue weighted by Gasteiger charge is -2.41. The Morgan fingerprint density at radius 3 is 2.56 bits per heavy atom. The van der Waals surface area contributed by atoms with Gasteiger partial charge in [-0.25, -0.2) is 0 Å². The largest absolute Gasteiger partial charge is 0.304 e. The molecule has 2 aliphatic rings. The molecule has 0 radical (unpaired) electrons. The number of carbonyl (C=O) groups is 1. The molecule has 2 fully saturated rings. The highest BCUT2D eigenvalue weighted by molar-refractivity contribution is 5.60. The molecule has 0 aromatic heterocycles. The zero-order chi connectivity index (χ0) is 11.6. The summed E-state index contributed by atoms with van der Waals surface area (Å²) in [5.41, 5.74) is -0.00975. The molecule has 1 aliphatic carbocycles. The number of likely N-dealkylation sites (N-methyl/N-ethyl adjacent to an activating group) is 1. The third-order valence-electron chi connectivity index (χ3n) is 4.34. The predicted octanol–water partition coefficient (Wildman–Crippen LogP) is 1.38. The van der Waals surface area contributed by atoms with Crippen molar-refractivity contribution in [2.24, 2.45) is 5.41 Å². The van der Waals surface area contributed by atoms with E-state index in [0.29, 0.717) is 6.04 Å². The van der Waals surface area contributed by atoms with E-state index in [4.69, 9.17) is 0 Å². The number of hydrogen-bond acceptors (Lipinski definition) is 3. The molecule has 1 heterocycles. The second-order valence-corrected chi connectivity index (χ2v) is 5.77. The van der Waals surface area contributed by atoms with Gasteiger partial charge in [-0.05, 0) is 26.8 Å². The van der Waals surface area contributed by atoms with Gasteiger partial charge in [-0.2, -0.15) is 0 Å². The summed E-state index contributed by atoms with van der Waals surface area (Å²) in [4.78, 5) is 16.2. The lowest BCUT2D eigenvalue weighted by atomic mass is 9.87. The van der Waals surface area contributed by atoms with Crippen LogP contribution in [0.5, 0.6) is 0 Å². The Balaban J connectivity index is 1.95. The summed E-state index contributed by atoms with van der Waals surface area (Å²) in [7, 11) is 2.18. The normalized spacial score (nSPS) is 31.8. The van der Waals surface area contributed by atoms with E-state index < -0.39 is 0 Å². The fraction of sp³-hybridized carbons (Fsp3) is 0.923. The average Bonchev–Trinajstić information content (AvgIpc) is 2.72. The van der Waals surface area contributed by atoms with E-state index in [1.165, 1.54) is 19.1 Å². The van der Waals surface area contributed by atoms with Gasteiger partial charge in [0.15, 0.2) is 0 Å². The summed E-state index contributed by atoms with van der Waals surface area (Å²) < 4.78 is 0. The SMILES string of the molecule is CC1CN(C)CCN1CC1(C=O)CCCC1. The van der Waals surface area contributed by atoms with E-state index >= 15 is 0 Å². The standard InChI is InChI=1S/C13H24N2O/c1-12-9-14(2)7-8-15(12)10-13(11-16)5-3-4-6-13/h11-12H,3-10H2,1-2H3. The number of rotatable bonds is 3. The fourth-order valence-corrected chi connectivity index (χ4v) is 3.21. The van der Waals surface area contributed by atoms with Gasteiger partial charge < -0.3 is 9.69 Å². The summed E-state index contributed by atoms with van der Waals surface area (Å²) >= 11 is 0. The van der Waals surface area contributed by atoms with E-state index in [0.717, 1.165) is 39.0 Å². The van der Waals surface area contributed by atoms with E-state index in [-0.39, 0.29) is 5.41 Å². The lowest BCUT2D eigenvalue weighted by molar-refractivity contribution is -0.117. The van der Waals surface area contributed by atoms with Crippen LogP contribution in [0.25, 0.3) is 0 Å². The van der Waals surface area contributed by atoms with Gasteiger partial charge in [0.25, 0.3) is 0 Å². The second-order valence-electron chi connectivity index (χ2n) is 5.77. The zero-order valence-electron chi connectivity index (χ0n) is 10.6. The molecule has 0 spiro atoms. The van der Waals surface area contributed by atoms with Crippen LogP contribution in [0.15, 0.2) is 0 Å². The van der Waals surface area contributed by atoms with E-state index in [9.17, 15) is 4.79 Å². The number of piperazine rings is 1. The second kappa shape index (κ2) is 4.84. The molecular formula is C13H24N2O. The van der Waals surface area contributed by atoms with E-state index in [1.807, 2.05) is 0 Å². The van der Waals surface area contributed by atoms with Crippen LogP contribution in [0.1, 0.15) is 32.6 Å². The molecule has 0 bridgehead atoms. The first-order valence-corrected chi connectivity index (χ1v) is 6.54. The van der Waals surface area contributed by atoms with Crippen molar-refractivity contribution in [3.8, 4) is 0 Å². The Labute approximate surface area is 98.8 Å². The van der Waals surface area contributed by atoms with Gasteiger partial charge in [-0.3, -0.25) is 4.90 Å². The van der Waals surface area contributed by atoms with Gasteiger partial charge in [0.1, 0.15) is 6.29 Å². The van der Waals surface area contributed by atoms with E-state index in [2.05, 4.69) is 23.8 Å². The molecule has 1 saturated heterocycles. The molecule has 0 amide bonds. The number of aldehydes is 1. The van der Waals surface area contributed by atoms with Crippen molar-refractivity contribution in [1.82, 2.24) is 9.80 Å². The molecule has 0 aromatic rings. The minimum Gasteiger partial charge on any atom is -0.304 e. The van der Waals surface area contributed by atoms with Crippen molar-refractivity contribution < 1.29 is 4.79 Å². The van der Waals surface area contributed by atoms with Crippen molar-refractivity contribution in [2.75, 3.05) is 33.2 Å². The summed E-state index contributed by atoms with van der Waals surface area (Å²) in [6.45, 7) is 6.66. The first-order chi connectivity index (χ1) is 7.65. The third-order valence-corrected chi connectivity index (χ3v) is 4.34. The fourth-order valence-electron chi connectivity index (χ4n) is 3.21. The molecule has 2 rings (SSSR count). The zero-order valence-corrected chi connectivity index (χ0v) is 10.6. The Hall–Kier alpha value is -0.410. The van der Waals surface area contributed by atoms with Gasteiger partial charge in [0.05, 0.1) is 0 Å². The first kappa shape index (κ1) is 12.1. The van der Waals surface area contributed by atoms with Crippen LogP contribution in [0, 0.1) is 5.41 Å². The summed E-state index contributed by atoms with van der Waals surface area (Å²) in [5.74, 6) is 0. The first-order valence-electron chi connectivity index (χ1n) is 6.54. The highest BCUT2D eigenvalue weighted by atomic mass is 16.1. The van der Waals surface area contributed by atoms with Crippen molar-refractivity contribution in [1.29, 1.82) is 0 Å². The van der Waals surface area contributed by atoms with Crippen molar-refractivity contribution in [3.05, 3.63) is 0 Å². The van der Waals surface area contributed by atoms with Gasteiger partial charge in [0.2, 0.25) is 0 Å². The predicted molar refractivity (Wildman–Crippen MR) is 65.5 cm³/mol. The monoisotopic (exact) mass is 224 g/mol. The molecule has 0 aromatic carbocycles. The lowest BCUT2D eigenvalue weighted by Crippen LogP contribution is -2.53. The van der Waals surface area contributed by atoms with Crippen LogP contribution in [-0.2, 0) is 4.79 Å². The Morgan fingerprint density at radius 2 is 2.00 bits per heavy atom. The van der Waals surface area contributed by atoms with Gasteiger partial charge in [0, 0.05) is 37.6 Å². The third kappa shape index (κ3) is 2.46. The molecule has 1 unspecified atom stereocenters. The van der Waals surface area contributed by atoms with Crippen LogP contribution in [0.2, 0.25) is 0 Å². The van der Waals surface area contributed by atoms with Crippen molar-refractivity contribution >= 4 is 6.29 Å². The molecule has 3 heteroatoms. The average molecular weight is 224 g/mol. The Kier molecular flexibility index (Phi) is 3.65. The van der Waals surface area contributed by atoms with Crippen LogP contribution in [-0.4, -0.2) is 55.4 Å². The maximum atomic E-state index is 11.3. The quantitative estimate of drug-likeness (QED) is 0.677. The molecule has 1 saturated carbocycles.